The van der Waals surface area contributed by atoms with Gasteiger partial charge in [0.05, 0.1) is 5.52 Å². The summed E-state index contributed by atoms with van der Waals surface area (Å²) in [4.78, 5) is 17.0. The highest BCUT2D eigenvalue weighted by atomic mass is 16.1. The Bertz CT molecular complexity index is 2340. The van der Waals surface area contributed by atoms with Crippen molar-refractivity contribution in [2.45, 2.75) is 41.0 Å². The molecule has 1 amide bonds. The molecule has 0 aliphatic carbocycles. The van der Waals surface area contributed by atoms with Crippen LogP contribution < -0.4 is 33.2 Å². The quantitative estimate of drug-likeness (QED) is 0.0476. The van der Waals surface area contributed by atoms with Crippen LogP contribution in [0.2, 0.25) is 0 Å². The largest absolute Gasteiger partial charge is 0.405 e. The summed E-state index contributed by atoms with van der Waals surface area (Å²) < 4.78 is 0. The molecule has 0 spiro atoms. The summed E-state index contributed by atoms with van der Waals surface area (Å²) in [5.74, 6) is 0. The number of fused-ring (bicyclic) bond motifs is 1. The van der Waals surface area contributed by atoms with E-state index >= 15 is 0 Å². The second kappa shape index (κ2) is 33.5. The molecule has 64 heavy (non-hydrogen) atoms. The van der Waals surface area contributed by atoms with Crippen LogP contribution in [0, 0.1) is 13.8 Å². The molecule has 7 rings (SSSR count). The number of nitrogens with zero attached hydrogens (tertiary/aromatic N) is 2. The van der Waals surface area contributed by atoms with Gasteiger partial charge in [-0.3, -0.25) is 14.8 Å². The third kappa shape index (κ3) is 21.9. The Balaban J connectivity index is 0.000000470. The van der Waals surface area contributed by atoms with Crippen molar-refractivity contribution in [3.63, 3.8) is 0 Å². The number of anilines is 6. The van der Waals surface area contributed by atoms with Gasteiger partial charge in [0.25, 0.3) is 0 Å². The number of allylic oxidation sites excluding steroid dienone is 4. The van der Waals surface area contributed by atoms with Gasteiger partial charge in [0.1, 0.15) is 0 Å². The molecule has 332 valence electrons. The number of hydrogen-bond acceptors (Lipinski definition) is 8. The van der Waals surface area contributed by atoms with Crippen molar-refractivity contribution in [1.82, 2.24) is 9.97 Å². The van der Waals surface area contributed by atoms with E-state index in [1.807, 2.05) is 61.7 Å². The van der Waals surface area contributed by atoms with Crippen molar-refractivity contribution in [1.29, 1.82) is 0 Å². The lowest BCUT2D eigenvalue weighted by Crippen LogP contribution is -1.93. The summed E-state index contributed by atoms with van der Waals surface area (Å²) in [6.07, 6.45) is 15.3. The topological polar surface area (TPSA) is 157 Å². The third-order valence-electron chi connectivity index (χ3n) is 7.95. The Morgan fingerprint density at radius 3 is 1.62 bits per heavy atom. The minimum Gasteiger partial charge on any atom is -0.405 e. The van der Waals surface area contributed by atoms with Gasteiger partial charge in [-0.25, -0.2) is 0 Å². The Labute approximate surface area is 381 Å². The molecule has 9 heteroatoms. The number of hydrogen-bond donors (Lipinski definition) is 6. The van der Waals surface area contributed by atoms with Crippen LogP contribution in [-0.4, -0.2) is 16.4 Å². The summed E-state index contributed by atoms with van der Waals surface area (Å²) in [5.41, 5.74) is 27.2. The standard InChI is InChI=1S/C23H19N3.C17H16N2.C7H11N.C3H8.C2H5N.C2H4.CH3NO/c1-2-8-20(9-3-1)25-22-10-4-6-18(16-22)19-7-5-11-23(17-19)26-21-12-14-24-15-13-21;1-12-4-3-5-14(10-12)19-17-8-9-18-16-7-6-13(2)11-15(16)17;1-3-5-7(8)6-4-2;1-3-2;1-2-3;1-2;2-1-3/h1-17,25H,(H,24,26);3-11H,1-2H3,(H,18,19);3-6H,1,8H2,2H3;3H2,1-2H3;2H,1,3H2;1-2H2;1H,(H2,2,3)/b;;6-4-,7-5+;;;;. The van der Waals surface area contributed by atoms with Gasteiger partial charge in [0.15, 0.2) is 0 Å². The van der Waals surface area contributed by atoms with Gasteiger partial charge in [-0.05, 0) is 135 Å². The number of primary amides is 1. The Morgan fingerprint density at radius 1 is 0.625 bits per heavy atom. The molecule has 0 aliphatic rings. The van der Waals surface area contributed by atoms with Crippen molar-refractivity contribution in [2.75, 3.05) is 16.0 Å². The lowest BCUT2D eigenvalue weighted by molar-refractivity contribution is -0.106. The fourth-order valence-corrected chi connectivity index (χ4v) is 5.47. The zero-order valence-corrected chi connectivity index (χ0v) is 38.0. The summed E-state index contributed by atoms with van der Waals surface area (Å²) in [6, 6.07) is 47.7. The molecule has 0 radical (unpaired) electrons. The fraction of sp³-hybridized carbons (Fsp3) is 0.109. The average Bonchev–Trinajstić information content (AvgIpc) is 3.30. The smallest absolute Gasteiger partial charge is 0.204 e. The minimum absolute atomic E-state index is 0.250. The van der Waals surface area contributed by atoms with Crippen LogP contribution in [0.1, 0.15) is 38.3 Å². The van der Waals surface area contributed by atoms with Crippen LogP contribution >= 0.6 is 0 Å². The Hall–Kier alpha value is -8.17. The van der Waals surface area contributed by atoms with Crippen molar-refractivity contribution in [3.8, 4) is 11.1 Å². The molecule has 7 aromatic rings. The number of benzene rings is 5. The fourth-order valence-electron chi connectivity index (χ4n) is 5.47. The summed E-state index contributed by atoms with van der Waals surface area (Å²) in [5, 5.41) is 11.5. The molecular formula is C55H66N8O. The highest BCUT2D eigenvalue weighted by molar-refractivity contribution is 5.93. The third-order valence-corrected chi connectivity index (χ3v) is 7.95. The van der Waals surface area contributed by atoms with E-state index in [0.717, 1.165) is 50.7 Å². The summed E-state index contributed by atoms with van der Waals surface area (Å²) >= 11 is 0. The van der Waals surface area contributed by atoms with Gasteiger partial charge >= 0.3 is 0 Å². The number of nitrogens with two attached hydrogens (primary N) is 3. The van der Waals surface area contributed by atoms with Gasteiger partial charge in [-0.15, -0.1) is 13.2 Å². The number of para-hydroxylation sites is 1. The summed E-state index contributed by atoms with van der Waals surface area (Å²) in [7, 11) is 0. The first-order chi connectivity index (χ1) is 31.1. The van der Waals surface area contributed by atoms with E-state index in [9.17, 15) is 0 Å². The van der Waals surface area contributed by atoms with Crippen molar-refractivity contribution in [2.24, 2.45) is 17.2 Å². The first-order valence-corrected chi connectivity index (χ1v) is 20.7. The number of carbonyl (C=O) groups is 1. The van der Waals surface area contributed by atoms with Gasteiger partial charge in [0.2, 0.25) is 6.41 Å². The zero-order chi connectivity index (χ0) is 47.4. The highest BCUT2D eigenvalue weighted by Crippen LogP contribution is 2.28. The maximum Gasteiger partial charge on any atom is 0.204 e. The van der Waals surface area contributed by atoms with Crippen molar-refractivity contribution >= 4 is 51.4 Å². The molecule has 0 aliphatic heterocycles. The van der Waals surface area contributed by atoms with Gasteiger partial charge in [-0.1, -0.05) is 112 Å². The van der Waals surface area contributed by atoms with Crippen LogP contribution in [0.4, 0.5) is 34.1 Å². The number of nitrogens with one attached hydrogen (secondary N) is 3. The summed E-state index contributed by atoms with van der Waals surface area (Å²) in [6.45, 7) is 23.0. The minimum atomic E-state index is 0.250. The molecule has 0 atom stereocenters. The molecule has 0 fully saturated rings. The molecule has 9 N–H and O–H groups in total. The lowest BCUT2D eigenvalue weighted by atomic mass is 10.0. The van der Waals surface area contributed by atoms with Crippen LogP contribution in [0.5, 0.6) is 0 Å². The number of pyridine rings is 2. The lowest BCUT2D eigenvalue weighted by Gasteiger charge is -2.11. The maximum absolute atomic E-state index is 8.58. The molecule has 0 bridgehead atoms. The maximum atomic E-state index is 8.58. The van der Waals surface area contributed by atoms with Gasteiger partial charge in [0, 0.05) is 63.8 Å². The van der Waals surface area contributed by atoms with Crippen LogP contribution in [0.25, 0.3) is 22.0 Å². The molecular weight excluding hydrogens is 789 g/mol. The SMILES string of the molecule is C=C.C=C/C=C(N)\C=C/C.C=CN.CCC.Cc1cccc(Nc2ccnc3ccc(C)cc23)c1.NC=O.c1ccc(Nc2cccc(-c3cccc(Nc4ccncc4)c3)c2)cc1. The van der Waals surface area contributed by atoms with E-state index in [4.69, 9.17) is 10.5 Å². The first kappa shape index (κ1) is 53.8. The Morgan fingerprint density at radius 2 is 1.11 bits per heavy atom. The van der Waals surface area contributed by atoms with E-state index < -0.39 is 0 Å². The molecule has 2 heterocycles. The predicted octanol–water partition coefficient (Wildman–Crippen LogP) is 13.8. The van der Waals surface area contributed by atoms with Crippen LogP contribution in [0.15, 0.2) is 221 Å². The average molecular weight is 855 g/mol. The first-order valence-electron chi connectivity index (χ1n) is 20.7. The van der Waals surface area contributed by atoms with E-state index in [2.05, 4.69) is 195 Å². The molecule has 5 aromatic carbocycles. The van der Waals surface area contributed by atoms with Gasteiger partial charge in [-0.2, -0.15) is 0 Å². The van der Waals surface area contributed by atoms with E-state index in [1.165, 1.54) is 34.9 Å². The molecule has 0 saturated heterocycles. The van der Waals surface area contributed by atoms with Gasteiger partial charge < -0.3 is 33.2 Å². The second-order valence-corrected chi connectivity index (χ2v) is 13.4. The van der Waals surface area contributed by atoms with Crippen molar-refractivity contribution < 1.29 is 4.79 Å². The van der Waals surface area contributed by atoms with Crippen LogP contribution in [-0.2, 0) is 4.79 Å². The number of rotatable bonds is 9. The molecule has 2 aromatic heterocycles. The molecule has 9 nitrogen and oxygen atoms in total. The van der Waals surface area contributed by atoms with Crippen LogP contribution in [0.3, 0.4) is 0 Å². The number of aromatic nitrogens is 2. The predicted molar refractivity (Wildman–Crippen MR) is 279 cm³/mol. The van der Waals surface area contributed by atoms with Crippen molar-refractivity contribution in [3.05, 3.63) is 232 Å². The number of aryl methyl sites for hydroxylation is 2. The molecule has 0 saturated carbocycles. The zero-order valence-electron chi connectivity index (χ0n) is 38.0. The van der Waals surface area contributed by atoms with E-state index in [0.29, 0.717) is 0 Å². The van der Waals surface area contributed by atoms with E-state index in [1.54, 1.807) is 24.5 Å². The highest BCUT2D eigenvalue weighted by Gasteiger charge is 2.04. The number of carbonyl (C=O) groups excluding carboxylic acids is 1. The molecule has 0 unspecified atom stereocenters. The Kier molecular flexibility index (Phi) is 28.2. The second-order valence-electron chi connectivity index (χ2n) is 13.4. The number of amides is 1. The monoisotopic (exact) mass is 855 g/mol. The normalized spacial score (nSPS) is 9.61. The van der Waals surface area contributed by atoms with E-state index in [-0.39, 0.29) is 6.41 Å².